The third kappa shape index (κ3) is 2.06. The number of imidazole rings is 1. The highest BCUT2D eigenvalue weighted by Gasteiger charge is 2.06. The third-order valence-corrected chi connectivity index (χ3v) is 2.90. The second-order valence-electron chi connectivity index (χ2n) is 4.24. The molecule has 0 amide bonds. The molecule has 1 atom stereocenters. The van der Waals surface area contributed by atoms with Gasteiger partial charge in [0.1, 0.15) is 5.82 Å². The lowest BCUT2D eigenvalue weighted by atomic mass is 10.1. The molecular weight excluding hydrogens is 198 g/mol. The molecule has 2 rings (SSSR count). The molecule has 0 fully saturated rings. The molecular formula is C13H15N3. The maximum atomic E-state index is 8.80. The minimum atomic E-state index is 0.635. The monoisotopic (exact) mass is 213 g/mol. The zero-order chi connectivity index (χ0) is 11.5. The first kappa shape index (κ1) is 10.7. The van der Waals surface area contributed by atoms with Gasteiger partial charge < -0.3 is 4.98 Å². The third-order valence-electron chi connectivity index (χ3n) is 2.90. The van der Waals surface area contributed by atoms with E-state index in [2.05, 4.69) is 29.9 Å². The van der Waals surface area contributed by atoms with Crippen LogP contribution in [0.5, 0.6) is 0 Å². The molecule has 0 spiro atoms. The minimum absolute atomic E-state index is 0.635. The van der Waals surface area contributed by atoms with E-state index in [1.165, 1.54) is 0 Å². The van der Waals surface area contributed by atoms with E-state index >= 15 is 0 Å². The zero-order valence-electron chi connectivity index (χ0n) is 9.62. The van der Waals surface area contributed by atoms with Crippen molar-refractivity contribution in [3.05, 3.63) is 29.6 Å². The number of hydrogen-bond acceptors (Lipinski definition) is 2. The number of aromatic nitrogens is 2. The van der Waals surface area contributed by atoms with E-state index in [-0.39, 0.29) is 0 Å². The van der Waals surface area contributed by atoms with Crippen LogP contribution in [0.3, 0.4) is 0 Å². The van der Waals surface area contributed by atoms with Gasteiger partial charge in [-0.25, -0.2) is 4.98 Å². The van der Waals surface area contributed by atoms with E-state index < -0.39 is 0 Å². The molecule has 1 N–H and O–H groups in total. The van der Waals surface area contributed by atoms with Crippen molar-refractivity contribution in [3.63, 3.8) is 0 Å². The summed E-state index contributed by atoms with van der Waals surface area (Å²) >= 11 is 0. The summed E-state index contributed by atoms with van der Waals surface area (Å²) in [5, 5.41) is 8.80. The molecule has 0 saturated carbocycles. The lowest BCUT2D eigenvalue weighted by Crippen LogP contribution is -1.99. The van der Waals surface area contributed by atoms with Gasteiger partial charge in [0.05, 0.1) is 22.7 Å². The van der Waals surface area contributed by atoms with Crippen molar-refractivity contribution in [3.8, 4) is 6.07 Å². The van der Waals surface area contributed by atoms with Gasteiger partial charge in [0.25, 0.3) is 0 Å². The number of benzene rings is 1. The first-order chi connectivity index (χ1) is 7.72. The number of nitrogens with zero attached hydrogens (tertiary/aromatic N) is 2. The van der Waals surface area contributed by atoms with E-state index in [1.807, 2.05) is 12.1 Å². The molecule has 0 bridgehead atoms. The van der Waals surface area contributed by atoms with Crippen LogP contribution in [-0.2, 0) is 6.42 Å². The van der Waals surface area contributed by atoms with Crippen molar-refractivity contribution in [1.29, 1.82) is 5.26 Å². The number of hydrogen-bond donors (Lipinski definition) is 1. The van der Waals surface area contributed by atoms with Crippen LogP contribution >= 0.6 is 0 Å². The maximum absolute atomic E-state index is 8.80. The first-order valence-corrected chi connectivity index (χ1v) is 5.61. The summed E-state index contributed by atoms with van der Waals surface area (Å²) in [5.74, 6) is 1.65. The highest BCUT2D eigenvalue weighted by molar-refractivity contribution is 5.76. The Kier molecular flexibility index (Phi) is 2.91. The molecule has 0 aliphatic carbocycles. The summed E-state index contributed by atoms with van der Waals surface area (Å²) in [5.41, 5.74) is 2.57. The second kappa shape index (κ2) is 4.36. The molecule has 0 aliphatic heterocycles. The minimum Gasteiger partial charge on any atom is -0.342 e. The van der Waals surface area contributed by atoms with Crippen molar-refractivity contribution in [2.75, 3.05) is 0 Å². The van der Waals surface area contributed by atoms with Crippen LogP contribution in [0, 0.1) is 17.2 Å². The standard InChI is InChI=1S/C13H15N3/c1-3-9(2)6-13-15-11-5-4-10(8-14)7-12(11)16-13/h4-5,7,9H,3,6H2,1-2H3,(H,15,16). The maximum Gasteiger partial charge on any atom is 0.107 e. The van der Waals surface area contributed by atoms with Gasteiger partial charge in [0.2, 0.25) is 0 Å². The molecule has 16 heavy (non-hydrogen) atoms. The van der Waals surface area contributed by atoms with E-state index in [0.717, 1.165) is 29.7 Å². The Morgan fingerprint density at radius 1 is 1.50 bits per heavy atom. The highest BCUT2D eigenvalue weighted by atomic mass is 14.9. The Morgan fingerprint density at radius 3 is 3.00 bits per heavy atom. The summed E-state index contributed by atoms with van der Waals surface area (Å²) in [6.45, 7) is 4.40. The van der Waals surface area contributed by atoms with Gasteiger partial charge in [-0.05, 0) is 24.1 Å². The van der Waals surface area contributed by atoms with E-state index in [4.69, 9.17) is 5.26 Å². The molecule has 0 saturated heterocycles. The Hall–Kier alpha value is -1.82. The summed E-state index contributed by atoms with van der Waals surface area (Å²) in [6.07, 6.45) is 2.12. The molecule has 1 aromatic heterocycles. The summed E-state index contributed by atoms with van der Waals surface area (Å²) in [4.78, 5) is 7.78. The molecule has 0 radical (unpaired) electrons. The van der Waals surface area contributed by atoms with Crippen LogP contribution in [-0.4, -0.2) is 9.97 Å². The van der Waals surface area contributed by atoms with Crippen LogP contribution in [0.25, 0.3) is 11.0 Å². The Morgan fingerprint density at radius 2 is 2.31 bits per heavy atom. The SMILES string of the molecule is CCC(C)Cc1nc2ccc(C#N)cc2[nH]1. The Bertz CT molecular complexity index is 534. The van der Waals surface area contributed by atoms with Gasteiger partial charge in [0.15, 0.2) is 0 Å². The molecule has 2 aromatic rings. The normalized spacial score (nSPS) is 12.6. The van der Waals surface area contributed by atoms with Crippen LogP contribution < -0.4 is 0 Å². The lowest BCUT2D eigenvalue weighted by molar-refractivity contribution is 0.547. The van der Waals surface area contributed by atoms with Crippen molar-refractivity contribution in [1.82, 2.24) is 9.97 Å². The molecule has 1 aromatic carbocycles. The van der Waals surface area contributed by atoms with Crippen LogP contribution in [0.2, 0.25) is 0 Å². The van der Waals surface area contributed by atoms with Crippen LogP contribution in [0.4, 0.5) is 0 Å². The average molecular weight is 213 g/mol. The first-order valence-electron chi connectivity index (χ1n) is 5.61. The van der Waals surface area contributed by atoms with Gasteiger partial charge in [-0.3, -0.25) is 0 Å². The van der Waals surface area contributed by atoms with Gasteiger partial charge in [0, 0.05) is 6.42 Å². The average Bonchev–Trinajstić information content (AvgIpc) is 2.69. The quantitative estimate of drug-likeness (QED) is 0.852. The number of aromatic amines is 1. The Balaban J connectivity index is 2.33. The van der Waals surface area contributed by atoms with Gasteiger partial charge in [-0.1, -0.05) is 20.3 Å². The molecule has 0 aliphatic rings. The van der Waals surface area contributed by atoms with Crippen molar-refractivity contribution in [2.45, 2.75) is 26.7 Å². The highest BCUT2D eigenvalue weighted by Crippen LogP contribution is 2.16. The summed E-state index contributed by atoms with van der Waals surface area (Å²) in [7, 11) is 0. The van der Waals surface area contributed by atoms with Gasteiger partial charge in [-0.15, -0.1) is 0 Å². The van der Waals surface area contributed by atoms with E-state index in [1.54, 1.807) is 6.07 Å². The molecule has 82 valence electrons. The molecule has 1 unspecified atom stereocenters. The number of nitrogens with one attached hydrogen (secondary N) is 1. The lowest BCUT2D eigenvalue weighted by Gasteiger charge is -2.03. The van der Waals surface area contributed by atoms with Gasteiger partial charge in [-0.2, -0.15) is 5.26 Å². The van der Waals surface area contributed by atoms with Crippen LogP contribution in [0.1, 0.15) is 31.7 Å². The molecule has 3 nitrogen and oxygen atoms in total. The smallest absolute Gasteiger partial charge is 0.107 e. The van der Waals surface area contributed by atoms with Crippen molar-refractivity contribution in [2.24, 2.45) is 5.92 Å². The topological polar surface area (TPSA) is 52.5 Å². The fourth-order valence-corrected chi connectivity index (χ4v) is 1.70. The van der Waals surface area contributed by atoms with E-state index in [9.17, 15) is 0 Å². The Labute approximate surface area is 95.1 Å². The predicted molar refractivity (Wildman–Crippen MR) is 64.0 cm³/mol. The zero-order valence-corrected chi connectivity index (χ0v) is 9.62. The number of fused-ring (bicyclic) bond motifs is 1. The second-order valence-corrected chi connectivity index (χ2v) is 4.24. The summed E-state index contributed by atoms with van der Waals surface area (Å²) < 4.78 is 0. The fourth-order valence-electron chi connectivity index (χ4n) is 1.70. The number of nitriles is 1. The fraction of sp³-hybridized carbons (Fsp3) is 0.385. The predicted octanol–water partition coefficient (Wildman–Crippen LogP) is 3.02. The summed E-state index contributed by atoms with van der Waals surface area (Å²) in [6, 6.07) is 7.68. The van der Waals surface area contributed by atoms with Crippen molar-refractivity contribution >= 4 is 11.0 Å². The number of H-pyrrole nitrogens is 1. The van der Waals surface area contributed by atoms with Crippen LogP contribution in [0.15, 0.2) is 18.2 Å². The van der Waals surface area contributed by atoms with Gasteiger partial charge >= 0.3 is 0 Å². The molecule has 1 heterocycles. The van der Waals surface area contributed by atoms with Crippen molar-refractivity contribution < 1.29 is 0 Å². The molecule has 3 heteroatoms. The number of rotatable bonds is 3. The van der Waals surface area contributed by atoms with E-state index in [0.29, 0.717) is 11.5 Å². The largest absolute Gasteiger partial charge is 0.342 e.